The van der Waals surface area contributed by atoms with Crippen LogP contribution in [0.3, 0.4) is 0 Å². The number of ether oxygens (including phenoxy) is 1. The van der Waals surface area contributed by atoms with Crippen LogP contribution in [0.5, 0.6) is 0 Å². The average Bonchev–Trinajstić information content (AvgIpc) is 3.08. The summed E-state index contributed by atoms with van der Waals surface area (Å²) in [5.41, 5.74) is 2.73. The van der Waals surface area contributed by atoms with Gasteiger partial charge in [-0.2, -0.15) is 0 Å². The van der Waals surface area contributed by atoms with E-state index >= 15 is 0 Å². The standard InChI is InChI=1S/C29H49N3O3Si/c1-20-24(27(2,3)4)32-25(30-20)22-15-13-21(14-16-22)19-23(31-26(33)35-28(5,6)7)17-18-34-36(11,12)29(8,9)10/h13-16,20,23H,17-19H2,1-12H3,(H,31,33)/t20?,23-/m1/s1. The van der Waals surface area contributed by atoms with Crippen LogP contribution in [0, 0.1) is 5.41 Å². The van der Waals surface area contributed by atoms with E-state index in [0.717, 1.165) is 29.1 Å². The fraction of sp³-hybridized carbons (Fsp3) is 0.690. The van der Waals surface area contributed by atoms with E-state index in [2.05, 4.69) is 91.1 Å². The van der Waals surface area contributed by atoms with Gasteiger partial charge in [0.25, 0.3) is 0 Å². The molecule has 1 aliphatic rings. The first-order valence-electron chi connectivity index (χ1n) is 13.2. The molecule has 0 saturated heterocycles. The highest BCUT2D eigenvalue weighted by atomic mass is 28.4. The predicted molar refractivity (Wildman–Crippen MR) is 154 cm³/mol. The average molecular weight is 516 g/mol. The number of hydrogen-bond donors (Lipinski definition) is 1. The van der Waals surface area contributed by atoms with Crippen molar-refractivity contribution in [1.29, 1.82) is 0 Å². The van der Waals surface area contributed by atoms with Gasteiger partial charge in [-0.3, -0.25) is 4.99 Å². The first-order chi connectivity index (χ1) is 16.3. The third-order valence-corrected chi connectivity index (χ3v) is 11.4. The van der Waals surface area contributed by atoms with E-state index in [9.17, 15) is 4.79 Å². The molecule has 2 rings (SSSR count). The van der Waals surface area contributed by atoms with Crippen molar-refractivity contribution in [3.63, 3.8) is 0 Å². The van der Waals surface area contributed by atoms with E-state index in [0.29, 0.717) is 13.0 Å². The Labute approximate surface area is 220 Å². The number of amides is 1. The normalized spacial score (nSPS) is 17.9. The first kappa shape index (κ1) is 30.2. The lowest BCUT2D eigenvalue weighted by Crippen LogP contribution is -2.44. The summed E-state index contributed by atoms with van der Waals surface area (Å²) in [6.07, 6.45) is 1.02. The van der Waals surface area contributed by atoms with Crippen molar-refractivity contribution in [2.24, 2.45) is 15.4 Å². The molecule has 1 N–H and O–H groups in total. The highest BCUT2D eigenvalue weighted by Gasteiger charge is 2.37. The topological polar surface area (TPSA) is 72.3 Å². The van der Waals surface area contributed by atoms with Crippen LogP contribution in [0.4, 0.5) is 4.79 Å². The van der Waals surface area contributed by atoms with Crippen molar-refractivity contribution in [3.8, 4) is 0 Å². The second kappa shape index (κ2) is 11.2. The minimum atomic E-state index is -1.86. The summed E-state index contributed by atoms with van der Waals surface area (Å²) >= 11 is 0. The number of nitrogens with one attached hydrogen (secondary N) is 1. The third-order valence-electron chi connectivity index (χ3n) is 6.86. The van der Waals surface area contributed by atoms with Crippen molar-refractivity contribution in [3.05, 3.63) is 35.4 Å². The van der Waals surface area contributed by atoms with Gasteiger partial charge in [-0.1, -0.05) is 65.8 Å². The minimum Gasteiger partial charge on any atom is -0.444 e. The van der Waals surface area contributed by atoms with Crippen molar-refractivity contribution in [2.75, 3.05) is 6.61 Å². The molecule has 1 aromatic rings. The lowest BCUT2D eigenvalue weighted by Gasteiger charge is -2.36. The summed E-state index contributed by atoms with van der Waals surface area (Å²) in [5, 5.41) is 3.22. The fourth-order valence-corrected chi connectivity index (χ4v) is 4.92. The molecule has 0 spiro atoms. The molecule has 2 atom stereocenters. The molecule has 0 bridgehead atoms. The summed E-state index contributed by atoms with van der Waals surface area (Å²) in [6.45, 7) is 26.1. The van der Waals surface area contributed by atoms with Gasteiger partial charge in [-0.05, 0) is 64.2 Å². The molecular formula is C29H49N3O3Si. The fourth-order valence-electron chi connectivity index (χ4n) is 3.86. The van der Waals surface area contributed by atoms with Crippen molar-refractivity contribution < 1.29 is 14.0 Å². The number of alkyl carbamates (subject to hydrolysis) is 1. The van der Waals surface area contributed by atoms with E-state index in [1.54, 1.807) is 0 Å². The van der Waals surface area contributed by atoms with Gasteiger partial charge < -0.3 is 14.5 Å². The Hall–Kier alpha value is -1.99. The number of amidine groups is 1. The van der Waals surface area contributed by atoms with Crippen molar-refractivity contribution in [1.82, 2.24) is 5.32 Å². The van der Waals surface area contributed by atoms with Gasteiger partial charge in [0.05, 0.1) is 11.8 Å². The van der Waals surface area contributed by atoms with E-state index in [1.807, 2.05) is 20.8 Å². The Bertz CT molecular complexity index is 961. The molecule has 1 aromatic carbocycles. The number of hydrogen-bond acceptors (Lipinski definition) is 5. The summed E-state index contributed by atoms with van der Waals surface area (Å²) in [6, 6.07) is 8.36. The lowest BCUT2D eigenvalue weighted by atomic mass is 9.86. The van der Waals surface area contributed by atoms with Crippen LogP contribution in [-0.4, -0.2) is 50.2 Å². The SMILES string of the molecule is CC1N=C(c2ccc(C[C@@H](CCO[Si](C)(C)C(C)(C)C)NC(=O)OC(C)(C)C)cc2)N=C1C(C)(C)C. The zero-order valence-electron chi connectivity index (χ0n) is 24.7. The van der Waals surface area contributed by atoms with Crippen LogP contribution in [0.2, 0.25) is 18.1 Å². The molecule has 202 valence electrons. The molecular weight excluding hydrogens is 466 g/mol. The Kier molecular flexibility index (Phi) is 9.38. The molecule has 0 aromatic heterocycles. The second-order valence-corrected chi connectivity index (χ2v) is 18.3. The van der Waals surface area contributed by atoms with E-state index < -0.39 is 20.0 Å². The van der Waals surface area contributed by atoms with Crippen LogP contribution in [0.15, 0.2) is 34.3 Å². The maximum absolute atomic E-state index is 12.6. The molecule has 0 saturated carbocycles. The maximum Gasteiger partial charge on any atom is 0.407 e. The second-order valence-electron chi connectivity index (χ2n) is 13.5. The quantitative estimate of drug-likeness (QED) is 0.373. The van der Waals surface area contributed by atoms with E-state index in [1.165, 1.54) is 0 Å². The van der Waals surface area contributed by atoms with Gasteiger partial charge in [0.2, 0.25) is 0 Å². The number of aliphatic imine (C=N–C) groups is 2. The largest absolute Gasteiger partial charge is 0.444 e. The molecule has 1 unspecified atom stereocenters. The van der Waals surface area contributed by atoms with Crippen LogP contribution in [-0.2, 0) is 15.6 Å². The van der Waals surface area contributed by atoms with E-state index in [-0.39, 0.29) is 22.5 Å². The first-order valence-corrected chi connectivity index (χ1v) is 16.1. The minimum absolute atomic E-state index is 0.00234. The number of carbonyl (C=O) groups is 1. The Morgan fingerprint density at radius 2 is 1.61 bits per heavy atom. The maximum atomic E-state index is 12.6. The van der Waals surface area contributed by atoms with E-state index in [4.69, 9.17) is 19.1 Å². The predicted octanol–water partition coefficient (Wildman–Crippen LogP) is 7.17. The van der Waals surface area contributed by atoms with Gasteiger partial charge in [0, 0.05) is 23.6 Å². The Morgan fingerprint density at radius 1 is 1.03 bits per heavy atom. The molecule has 0 fully saturated rings. The lowest BCUT2D eigenvalue weighted by molar-refractivity contribution is 0.0497. The molecule has 7 heteroatoms. The smallest absolute Gasteiger partial charge is 0.407 e. The van der Waals surface area contributed by atoms with Crippen LogP contribution >= 0.6 is 0 Å². The molecule has 6 nitrogen and oxygen atoms in total. The zero-order chi connectivity index (χ0) is 27.5. The summed E-state index contributed by atoms with van der Waals surface area (Å²) in [7, 11) is -1.86. The van der Waals surface area contributed by atoms with Gasteiger partial charge >= 0.3 is 6.09 Å². The highest BCUT2D eigenvalue weighted by molar-refractivity contribution is 6.74. The molecule has 1 aliphatic heterocycles. The highest BCUT2D eigenvalue weighted by Crippen LogP contribution is 2.36. The Morgan fingerprint density at radius 3 is 2.08 bits per heavy atom. The summed E-state index contributed by atoms with van der Waals surface area (Å²) in [5.74, 6) is 0.796. The molecule has 1 amide bonds. The summed E-state index contributed by atoms with van der Waals surface area (Å²) in [4.78, 5) is 22.2. The number of rotatable bonds is 8. The number of nitrogens with zero attached hydrogens (tertiary/aromatic N) is 2. The number of benzene rings is 1. The van der Waals surface area contributed by atoms with Crippen molar-refractivity contribution in [2.45, 2.75) is 118 Å². The summed E-state index contributed by atoms with van der Waals surface area (Å²) < 4.78 is 11.9. The monoisotopic (exact) mass is 515 g/mol. The number of carbonyl (C=O) groups excluding carboxylic acids is 1. The molecule has 1 heterocycles. The zero-order valence-corrected chi connectivity index (χ0v) is 25.7. The van der Waals surface area contributed by atoms with Crippen LogP contribution in [0.25, 0.3) is 0 Å². The van der Waals surface area contributed by atoms with Crippen LogP contribution < -0.4 is 5.32 Å². The van der Waals surface area contributed by atoms with Crippen LogP contribution in [0.1, 0.15) is 86.8 Å². The van der Waals surface area contributed by atoms with Gasteiger partial charge in [-0.25, -0.2) is 9.79 Å². The molecule has 0 aliphatic carbocycles. The Balaban J connectivity index is 2.12. The van der Waals surface area contributed by atoms with Gasteiger partial charge in [-0.15, -0.1) is 0 Å². The van der Waals surface area contributed by atoms with Gasteiger partial charge in [0.15, 0.2) is 14.2 Å². The van der Waals surface area contributed by atoms with Crippen molar-refractivity contribution >= 4 is 26.0 Å². The van der Waals surface area contributed by atoms with Gasteiger partial charge in [0.1, 0.15) is 5.60 Å². The third kappa shape index (κ3) is 8.84. The molecule has 36 heavy (non-hydrogen) atoms. The molecule has 0 radical (unpaired) electrons.